The van der Waals surface area contributed by atoms with E-state index in [9.17, 15) is 4.79 Å². The smallest absolute Gasteiger partial charge is 0.237 e. The summed E-state index contributed by atoms with van der Waals surface area (Å²) in [5, 5.41) is 11.3. The zero-order valence-electron chi connectivity index (χ0n) is 15.1. The Morgan fingerprint density at radius 3 is 2.56 bits per heavy atom. The van der Waals surface area contributed by atoms with Crippen molar-refractivity contribution in [3.63, 3.8) is 0 Å². The Morgan fingerprint density at radius 2 is 1.89 bits per heavy atom. The van der Waals surface area contributed by atoms with Gasteiger partial charge in [-0.15, -0.1) is 10.2 Å². The van der Waals surface area contributed by atoms with Crippen molar-refractivity contribution in [1.82, 2.24) is 14.9 Å². The maximum atomic E-state index is 12.3. The number of nitrogens with one attached hydrogen (secondary N) is 1. The van der Waals surface area contributed by atoms with Crippen molar-refractivity contribution in [3.8, 4) is 5.75 Å². The predicted octanol–water partition coefficient (Wildman–Crippen LogP) is 2.71. The number of aromatic nitrogens is 3. The molecule has 1 heterocycles. The van der Waals surface area contributed by atoms with Gasteiger partial charge >= 0.3 is 0 Å². The Labute approximate surface area is 161 Å². The number of carbonyl (C=O) groups excluding carboxylic acids is 1. The van der Waals surface area contributed by atoms with Gasteiger partial charge < -0.3 is 15.9 Å². The summed E-state index contributed by atoms with van der Waals surface area (Å²) >= 11 is 1.27. The lowest BCUT2D eigenvalue weighted by atomic mass is 10.1. The normalized spacial score (nSPS) is 11.8. The molecule has 1 amide bonds. The maximum absolute atomic E-state index is 12.3. The molecule has 2 aromatic carbocycles. The van der Waals surface area contributed by atoms with Crippen LogP contribution in [-0.2, 0) is 11.2 Å². The van der Waals surface area contributed by atoms with Gasteiger partial charge in [0.1, 0.15) is 5.75 Å². The average molecular weight is 383 g/mol. The highest BCUT2D eigenvalue weighted by atomic mass is 32.2. The summed E-state index contributed by atoms with van der Waals surface area (Å²) in [4.78, 5) is 12.3. The molecule has 140 valence electrons. The molecule has 0 fully saturated rings. The highest BCUT2D eigenvalue weighted by Gasteiger charge is 2.19. The molecule has 0 unspecified atom stereocenters. The first-order valence-electron chi connectivity index (χ1n) is 8.41. The van der Waals surface area contributed by atoms with E-state index < -0.39 is 0 Å². The first-order chi connectivity index (χ1) is 13.1. The van der Waals surface area contributed by atoms with Gasteiger partial charge in [-0.1, -0.05) is 42.1 Å². The van der Waals surface area contributed by atoms with E-state index in [4.69, 9.17) is 10.6 Å². The van der Waals surface area contributed by atoms with Crippen LogP contribution in [0.5, 0.6) is 5.75 Å². The number of nitrogen functional groups attached to an aromatic ring is 1. The third kappa shape index (κ3) is 4.79. The summed E-state index contributed by atoms with van der Waals surface area (Å²) in [5.74, 6) is 7.42. The molecular formula is C19H21N5O2S. The van der Waals surface area contributed by atoms with Crippen LogP contribution in [0.4, 0.5) is 5.69 Å². The molecule has 0 radical (unpaired) electrons. The monoisotopic (exact) mass is 383 g/mol. The molecule has 0 aliphatic carbocycles. The number of carbonyl (C=O) groups is 1. The molecule has 7 nitrogen and oxygen atoms in total. The van der Waals surface area contributed by atoms with Gasteiger partial charge in [-0.3, -0.25) is 4.79 Å². The number of hydrogen-bond acceptors (Lipinski definition) is 6. The summed E-state index contributed by atoms with van der Waals surface area (Å²) < 4.78 is 6.59. The molecule has 1 aromatic heterocycles. The number of benzene rings is 2. The Morgan fingerprint density at radius 1 is 1.19 bits per heavy atom. The van der Waals surface area contributed by atoms with Crippen LogP contribution in [-0.4, -0.2) is 33.1 Å². The molecule has 8 heteroatoms. The van der Waals surface area contributed by atoms with Crippen molar-refractivity contribution in [2.45, 2.75) is 23.8 Å². The lowest BCUT2D eigenvalue weighted by Gasteiger charge is -2.11. The Hall–Kier alpha value is -3.00. The summed E-state index contributed by atoms with van der Waals surface area (Å²) in [5.41, 5.74) is 1.80. The minimum absolute atomic E-state index is 0.120. The number of nitrogens with zero attached hydrogens (tertiary/aromatic N) is 3. The van der Waals surface area contributed by atoms with E-state index in [-0.39, 0.29) is 11.2 Å². The van der Waals surface area contributed by atoms with Crippen LogP contribution < -0.4 is 15.9 Å². The van der Waals surface area contributed by atoms with E-state index in [1.54, 1.807) is 14.0 Å². The second-order valence-electron chi connectivity index (χ2n) is 5.91. The first kappa shape index (κ1) is 18.8. The molecule has 0 spiro atoms. The van der Waals surface area contributed by atoms with Crippen LogP contribution in [0.1, 0.15) is 18.3 Å². The minimum atomic E-state index is -0.370. The van der Waals surface area contributed by atoms with Gasteiger partial charge in [0.15, 0.2) is 5.82 Å². The third-order valence-corrected chi connectivity index (χ3v) is 5.01. The van der Waals surface area contributed by atoms with Crippen molar-refractivity contribution in [3.05, 3.63) is 66.0 Å². The van der Waals surface area contributed by atoms with Crippen LogP contribution in [0.25, 0.3) is 0 Å². The highest BCUT2D eigenvalue weighted by Crippen LogP contribution is 2.23. The molecule has 27 heavy (non-hydrogen) atoms. The summed E-state index contributed by atoms with van der Waals surface area (Å²) in [7, 11) is 1.63. The average Bonchev–Trinajstić information content (AvgIpc) is 3.03. The van der Waals surface area contributed by atoms with E-state index in [0.717, 1.165) is 17.0 Å². The number of anilines is 1. The van der Waals surface area contributed by atoms with E-state index in [1.807, 2.05) is 54.6 Å². The van der Waals surface area contributed by atoms with E-state index >= 15 is 0 Å². The summed E-state index contributed by atoms with van der Waals surface area (Å²) in [6.07, 6.45) is 0.540. The van der Waals surface area contributed by atoms with E-state index in [2.05, 4.69) is 15.5 Å². The molecule has 0 saturated carbocycles. The van der Waals surface area contributed by atoms with Crippen molar-refractivity contribution in [2.75, 3.05) is 18.3 Å². The number of ether oxygens (including phenoxy) is 1. The first-order valence-corrected chi connectivity index (χ1v) is 9.29. The number of hydrogen-bond donors (Lipinski definition) is 2. The number of thioether (sulfide) groups is 1. The molecule has 3 rings (SSSR count). The number of nitrogens with two attached hydrogens (primary N) is 1. The topological polar surface area (TPSA) is 95.1 Å². The molecule has 1 atom stereocenters. The van der Waals surface area contributed by atoms with Crippen molar-refractivity contribution < 1.29 is 9.53 Å². The van der Waals surface area contributed by atoms with Crippen molar-refractivity contribution in [2.24, 2.45) is 0 Å². The Balaban J connectivity index is 1.63. The van der Waals surface area contributed by atoms with Gasteiger partial charge in [0.25, 0.3) is 0 Å². The van der Waals surface area contributed by atoms with Gasteiger partial charge in [-0.05, 0) is 36.8 Å². The van der Waals surface area contributed by atoms with Crippen LogP contribution >= 0.6 is 11.8 Å². The quantitative estimate of drug-likeness (QED) is 0.481. The lowest BCUT2D eigenvalue weighted by Crippen LogP contribution is -2.23. The molecule has 0 aliphatic rings. The second-order valence-corrected chi connectivity index (χ2v) is 7.22. The van der Waals surface area contributed by atoms with Crippen LogP contribution in [0, 0.1) is 0 Å². The van der Waals surface area contributed by atoms with Crippen LogP contribution in [0.15, 0.2) is 59.8 Å². The number of amides is 1. The largest absolute Gasteiger partial charge is 0.497 e. The highest BCUT2D eigenvalue weighted by molar-refractivity contribution is 8.00. The SMILES string of the molecule is COc1ccc(Cc2nnc(S[C@H](C)C(=O)Nc3ccccc3)n2N)cc1. The number of methoxy groups -OCH3 is 1. The summed E-state index contributed by atoms with van der Waals surface area (Å²) in [6, 6.07) is 17.0. The number of rotatable bonds is 7. The fourth-order valence-electron chi connectivity index (χ4n) is 2.41. The van der Waals surface area contributed by atoms with Gasteiger partial charge in [0, 0.05) is 12.1 Å². The fourth-order valence-corrected chi connectivity index (χ4v) is 3.20. The van der Waals surface area contributed by atoms with Gasteiger partial charge in [0.05, 0.1) is 12.4 Å². The van der Waals surface area contributed by atoms with Gasteiger partial charge in [0.2, 0.25) is 11.1 Å². The molecule has 3 N–H and O–H groups in total. The van der Waals surface area contributed by atoms with Crippen LogP contribution in [0.3, 0.4) is 0 Å². The van der Waals surface area contributed by atoms with Crippen molar-refractivity contribution in [1.29, 1.82) is 0 Å². The Kier molecular flexibility index (Phi) is 5.97. The molecule has 0 bridgehead atoms. The van der Waals surface area contributed by atoms with E-state index in [1.165, 1.54) is 16.4 Å². The Bertz CT molecular complexity index is 896. The van der Waals surface area contributed by atoms with Crippen LogP contribution in [0.2, 0.25) is 0 Å². The minimum Gasteiger partial charge on any atom is -0.497 e. The fraction of sp³-hybridized carbons (Fsp3) is 0.211. The summed E-state index contributed by atoms with van der Waals surface area (Å²) in [6.45, 7) is 1.81. The number of para-hydroxylation sites is 1. The zero-order chi connectivity index (χ0) is 19.2. The third-order valence-electron chi connectivity index (χ3n) is 3.95. The zero-order valence-corrected chi connectivity index (χ0v) is 15.9. The van der Waals surface area contributed by atoms with Gasteiger partial charge in [-0.25, -0.2) is 4.68 Å². The lowest BCUT2D eigenvalue weighted by molar-refractivity contribution is -0.115. The molecular weight excluding hydrogens is 362 g/mol. The predicted molar refractivity (Wildman–Crippen MR) is 106 cm³/mol. The van der Waals surface area contributed by atoms with Crippen molar-refractivity contribution >= 4 is 23.4 Å². The molecule has 0 aliphatic heterocycles. The maximum Gasteiger partial charge on any atom is 0.237 e. The second kappa shape index (κ2) is 8.59. The van der Waals surface area contributed by atoms with Gasteiger partial charge in [-0.2, -0.15) is 0 Å². The van der Waals surface area contributed by atoms with E-state index in [0.29, 0.717) is 17.4 Å². The standard InChI is InChI=1S/C19H21N5O2S/c1-13(18(25)21-15-6-4-3-5-7-15)27-19-23-22-17(24(19)20)12-14-8-10-16(26-2)11-9-14/h3-11,13H,12,20H2,1-2H3,(H,21,25)/t13-/m1/s1. The molecule has 3 aromatic rings. The molecule has 0 saturated heterocycles.